The minimum Gasteiger partial charge on any atom is -0.388 e. The Bertz CT molecular complexity index is 1170. The lowest BCUT2D eigenvalue weighted by Gasteiger charge is -2.36. The fourth-order valence-electron chi connectivity index (χ4n) is 5.21. The van der Waals surface area contributed by atoms with E-state index in [1.807, 2.05) is 54.5 Å². The highest BCUT2D eigenvalue weighted by Crippen LogP contribution is 2.26. The van der Waals surface area contributed by atoms with Gasteiger partial charge in [0.05, 0.1) is 24.8 Å². The predicted molar refractivity (Wildman–Crippen MR) is 142 cm³/mol. The van der Waals surface area contributed by atoms with Crippen LogP contribution in [0.15, 0.2) is 66.9 Å². The van der Waals surface area contributed by atoms with Crippen LogP contribution < -0.4 is 4.90 Å². The third-order valence-corrected chi connectivity index (χ3v) is 7.27. The van der Waals surface area contributed by atoms with Gasteiger partial charge in [-0.15, -0.1) is 5.10 Å². The van der Waals surface area contributed by atoms with Crippen LogP contribution in [0.2, 0.25) is 0 Å². The Morgan fingerprint density at radius 2 is 1.61 bits per heavy atom. The van der Waals surface area contributed by atoms with Gasteiger partial charge in [0.2, 0.25) is 5.91 Å². The molecule has 0 saturated carbocycles. The second-order valence-electron chi connectivity index (χ2n) is 10.2. The van der Waals surface area contributed by atoms with E-state index in [1.54, 1.807) is 4.68 Å². The van der Waals surface area contributed by atoms with Crippen LogP contribution in [0.5, 0.6) is 0 Å². The van der Waals surface area contributed by atoms with Crippen LogP contribution >= 0.6 is 0 Å². The van der Waals surface area contributed by atoms with E-state index >= 15 is 0 Å². The first-order valence-electron chi connectivity index (χ1n) is 13.2. The molecule has 0 bridgehead atoms. The average Bonchev–Trinajstić information content (AvgIpc) is 3.48. The molecule has 0 unspecified atom stereocenters. The summed E-state index contributed by atoms with van der Waals surface area (Å²) in [5.74, 6) is -0.0703. The van der Waals surface area contributed by atoms with Crippen LogP contribution in [-0.2, 0) is 29.2 Å². The van der Waals surface area contributed by atoms with Crippen molar-refractivity contribution < 1.29 is 19.7 Å². The topological polar surface area (TPSA) is 107 Å². The highest BCUT2D eigenvalue weighted by atomic mass is 16.5. The molecule has 1 amide bonds. The zero-order valence-corrected chi connectivity index (χ0v) is 21.7. The number of ether oxygens (including phenoxy) is 1. The van der Waals surface area contributed by atoms with Crippen LogP contribution in [0.3, 0.4) is 0 Å². The predicted octanol–water partition coefficient (Wildman–Crippen LogP) is 1.14. The van der Waals surface area contributed by atoms with Gasteiger partial charge in [0, 0.05) is 51.2 Å². The van der Waals surface area contributed by atoms with Crippen LogP contribution in [0.25, 0.3) is 0 Å². The van der Waals surface area contributed by atoms with Crippen LogP contribution in [0.1, 0.15) is 17.7 Å². The van der Waals surface area contributed by atoms with Gasteiger partial charge < -0.3 is 24.7 Å². The number of rotatable bonds is 9. The van der Waals surface area contributed by atoms with Gasteiger partial charge in [-0.05, 0) is 24.7 Å². The third kappa shape index (κ3) is 6.39. The van der Waals surface area contributed by atoms with E-state index in [1.165, 1.54) is 5.56 Å². The van der Waals surface area contributed by atoms with Crippen molar-refractivity contribution in [3.63, 3.8) is 0 Å². The maximum atomic E-state index is 13.0. The largest absolute Gasteiger partial charge is 0.388 e. The highest BCUT2D eigenvalue weighted by Gasteiger charge is 2.44. The van der Waals surface area contributed by atoms with Crippen LogP contribution in [0, 0.1) is 0 Å². The molecule has 2 aliphatic rings. The normalized spacial score (nSPS) is 23.8. The SMILES string of the molecule is CN(Cc1ccccc1)Cc1cn(C[C@H]2O[C@@H](CC(=O)N3CCN(c4ccccc4)CC3)[C@H](O)[C@@H]2O)nn1. The lowest BCUT2D eigenvalue weighted by molar-refractivity contribution is -0.135. The molecule has 1 aromatic heterocycles. The molecule has 202 valence electrons. The van der Waals surface area contributed by atoms with Crippen molar-refractivity contribution >= 4 is 11.6 Å². The molecule has 5 rings (SSSR count). The maximum absolute atomic E-state index is 13.0. The zero-order valence-electron chi connectivity index (χ0n) is 21.7. The second-order valence-corrected chi connectivity index (χ2v) is 10.2. The molecule has 0 aliphatic carbocycles. The average molecular weight is 521 g/mol. The molecular formula is C28H36N6O4. The summed E-state index contributed by atoms with van der Waals surface area (Å²) in [5, 5.41) is 29.6. The lowest BCUT2D eigenvalue weighted by atomic mass is 10.0. The van der Waals surface area contributed by atoms with Crippen LogP contribution in [-0.4, -0.2) is 98.6 Å². The van der Waals surface area contributed by atoms with Gasteiger partial charge in [-0.3, -0.25) is 9.69 Å². The second kappa shape index (κ2) is 12.0. The molecule has 0 radical (unpaired) electrons. The fourth-order valence-corrected chi connectivity index (χ4v) is 5.21. The van der Waals surface area contributed by atoms with Gasteiger partial charge in [0.1, 0.15) is 18.3 Å². The van der Waals surface area contributed by atoms with Gasteiger partial charge in [0.25, 0.3) is 0 Å². The summed E-state index contributed by atoms with van der Waals surface area (Å²) in [7, 11) is 2.02. The standard InChI is InChI=1S/C28H36N6O4/c1-31(17-21-8-4-2-5-9-21)18-22-19-34(30-29-22)20-25-28(37)27(36)24(38-25)16-26(35)33-14-12-32(13-15-33)23-10-6-3-7-11-23/h2-11,19,24-25,27-28,36-37H,12-18,20H2,1H3/t24-,25+,27-,28+/m0/s1. The molecule has 38 heavy (non-hydrogen) atoms. The van der Waals surface area contributed by atoms with Crippen molar-refractivity contribution in [3.05, 3.63) is 78.1 Å². The first-order chi connectivity index (χ1) is 18.5. The Morgan fingerprint density at radius 3 is 2.32 bits per heavy atom. The quantitative estimate of drug-likeness (QED) is 0.433. The number of para-hydroxylation sites is 1. The van der Waals surface area contributed by atoms with Gasteiger partial charge in [-0.1, -0.05) is 53.7 Å². The summed E-state index contributed by atoms with van der Waals surface area (Å²) in [6, 6.07) is 20.4. The van der Waals surface area contributed by atoms with Gasteiger partial charge in [-0.2, -0.15) is 0 Å². The number of hydrogen-bond acceptors (Lipinski definition) is 8. The molecule has 2 saturated heterocycles. The Hall–Kier alpha value is -3.31. The number of aromatic nitrogens is 3. The number of benzene rings is 2. The van der Waals surface area contributed by atoms with Crippen molar-refractivity contribution in [2.45, 2.75) is 50.5 Å². The number of hydrogen-bond donors (Lipinski definition) is 2. The van der Waals surface area contributed by atoms with E-state index in [-0.39, 0.29) is 18.9 Å². The van der Waals surface area contributed by atoms with Crippen molar-refractivity contribution in [2.75, 3.05) is 38.1 Å². The number of carbonyl (C=O) groups excluding carboxylic acids is 1. The Morgan fingerprint density at radius 1 is 0.947 bits per heavy atom. The molecule has 10 nitrogen and oxygen atoms in total. The molecule has 3 heterocycles. The number of anilines is 1. The van der Waals surface area contributed by atoms with Crippen molar-refractivity contribution in [2.24, 2.45) is 0 Å². The summed E-state index contributed by atoms with van der Waals surface area (Å²) >= 11 is 0. The Labute approximate surface area is 223 Å². The summed E-state index contributed by atoms with van der Waals surface area (Å²) in [6.07, 6.45) is -1.80. The fraction of sp³-hybridized carbons (Fsp3) is 0.464. The summed E-state index contributed by atoms with van der Waals surface area (Å²) in [6.45, 7) is 4.40. The van der Waals surface area contributed by atoms with E-state index < -0.39 is 24.4 Å². The molecule has 2 aromatic carbocycles. The minimum absolute atomic E-state index is 0.0347. The van der Waals surface area contributed by atoms with Gasteiger partial charge >= 0.3 is 0 Å². The summed E-state index contributed by atoms with van der Waals surface area (Å²) in [4.78, 5) is 19.2. The Kier molecular flexibility index (Phi) is 8.33. The molecule has 0 spiro atoms. The number of aliphatic hydroxyl groups is 2. The molecular weight excluding hydrogens is 484 g/mol. The van der Waals surface area contributed by atoms with Gasteiger partial charge in [0.15, 0.2) is 0 Å². The number of piperazine rings is 1. The number of carbonyl (C=O) groups is 1. The van der Waals surface area contributed by atoms with E-state index in [9.17, 15) is 15.0 Å². The lowest BCUT2D eigenvalue weighted by Crippen LogP contribution is -2.49. The number of aliphatic hydroxyl groups excluding tert-OH is 2. The molecule has 4 atom stereocenters. The number of nitrogens with zero attached hydrogens (tertiary/aromatic N) is 6. The van der Waals surface area contributed by atoms with Crippen LogP contribution in [0.4, 0.5) is 5.69 Å². The maximum Gasteiger partial charge on any atom is 0.225 e. The zero-order chi connectivity index (χ0) is 26.5. The van der Waals surface area contributed by atoms with Crippen molar-refractivity contribution in [3.8, 4) is 0 Å². The Balaban J connectivity index is 1.09. The highest BCUT2D eigenvalue weighted by molar-refractivity contribution is 5.77. The molecule has 2 aliphatic heterocycles. The van der Waals surface area contributed by atoms with E-state index in [0.29, 0.717) is 19.6 Å². The minimum atomic E-state index is -1.13. The molecule has 3 aromatic rings. The summed E-state index contributed by atoms with van der Waals surface area (Å²) in [5.41, 5.74) is 3.18. The molecule has 2 N–H and O–H groups in total. The monoisotopic (exact) mass is 520 g/mol. The first-order valence-corrected chi connectivity index (χ1v) is 13.2. The smallest absolute Gasteiger partial charge is 0.225 e. The third-order valence-electron chi connectivity index (χ3n) is 7.27. The van der Waals surface area contributed by atoms with Crippen molar-refractivity contribution in [1.82, 2.24) is 24.8 Å². The van der Waals surface area contributed by atoms with E-state index in [2.05, 4.69) is 44.4 Å². The summed E-state index contributed by atoms with van der Waals surface area (Å²) < 4.78 is 7.58. The van der Waals surface area contributed by atoms with Crippen molar-refractivity contribution in [1.29, 1.82) is 0 Å². The first kappa shape index (κ1) is 26.3. The van der Waals surface area contributed by atoms with E-state index in [0.717, 1.165) is 31.0 Å². The van der Waals surface area contributed by atoms with Gasteiger partial charge in [-0.25, -0.2) is 4.68 Å². The number of amides is 1. The van der Waals surface area contributed by atoms with E-state index in [4.69, 9.17) is 4.74 Å². The molecule has 2 fully saturated rings. The molecule has 10 heteroatoms.